The van der Waals surface area contributed by atoms with E-state index in [4.69, 9.17) is 14.2 Å². The standard InChI is InChI=1S/C23H27N3O7S/c1-31-17-5-7-20(32-2)16(10-17)12-24-23(28)15-4-3-9-26(13-15)34(29,30)18-6-8-21-19(11-18)25-22(27)14-33-21/h5-8,10-11,15H,3-4,9,12-14H2,1-2H3,(H,24,28)(H,25,27)/t15-/m1/s1. The van der Waals surface area contributed by atoms with E-state index in [-0.39, 0.29) is 36.4 Å². The fraction of sp³-hybridized carbons (Fsp3) is 0.391. The predicted octanol–water partition coefficient (Wildman–Crippen LogP) is 1.75. The van der Waals surface area contributed by atoms with Crippen LogP contribution in [0.4, 0.5) is 5.69 Å². The Bertz CT molecular complexity index is 1200. The molecule has 2 aliphatic rings. The van der Waals surface area contributed by atoms with Crippen LogP contribution in [0.1, 0.15) is 18.4 Å². The predicted molar refractivity (Wildman–Crippen MR) is 123 cm³/mol. The van der Waals surface area contributed by atoms with Crippen molar-refractivity contribution in [2.24, 2.45) is 5.92 Å². The van der Waals surface area contributed by atoms with Crippen molar-refractivity contribution < 1.29 is 32.2 Å². The number of nitrogens with one attached hydrogen (secondary N) is 2. The van der Waals surface area contributed by atoms with Crippen LogP contribution in [0.3, 0.4) is 0 Å². The van der Waals surface area contributed by atoms with Gasteiger partial charge in [-0.1, -0.05) is 0 Å². The minimum absolute atomic E-state index is 0.0409. The highest BCUT2D eigenvalue weighted by molar-refractivity contribution is 7.89. The zero-order valence-electron chi connectivity index (χ0n) is 19.0. The first kappa shape index (κ1) is 23.8. The van der Waals surface area contributed by atoms with Gasteiger partial charge >= 0.3 is 0 Å². The lowest BCUT2D eigenvalue weighted by molar-refractivity contribution is -0.126. The number of carbonyl (C=O) groups is 2. The van der Waals surface area contributed by atoms with Gasteiger partial charge in [0.1, 0.15) is 17.2 Å². The summed E-state index contributed by atoms with van der Waals surface area (Å²) in [6.45, 7) is 0.510. The molecule has 0 aliphatic carbocycles. The zero-order valence-corrected chi connectivity index (χ0v) is 19.8. The maximum atomic E-state index is 13.3. The van der Waals surface area contributed by atoms with Crippen LogP contribution in [0.15, 0.2) is 41.3 Å². The lowest BCUT2D eigenvalue weighted by Crippen LogP contribution is -2.45. The van der Waals surface area contributed by atoms with Gasteiger partial charge < -0.3 is 24.8 Å². The molecular formula is C23H27N3O7S. The number of ether oxygens (including phenoxy) is 3. The summed E-state index contributed by atoms with van der Waals surface area (Å²) in [6.07, 6.45) is 1.14. The molecule has 11 heteroatoms. The molecule has 34 heavy (non-hydrogen) atoms. The summed E-state index contributed by atoms with van der Waals surface area (Å²) in [5.41, 5.74) is 1.07. The third kappa shape index (κ3) is 4.95. The highest BCUT2D eigenvalue weighted by atomic mass is 32.2. The van der Waals surface area contributed by atoms with Gasteiger partial charge in [-0.05, 0) is 49.2 Å². The van der Waals surface area contributed by atoms with Crippen LogP contribution in [0.2, 0.25) is 0 Å². The number of sulfonamides is 1. The Hall–Kier alpha value is -3.31. The number of hydrogen-bond acceptors (Lipinski definition) is 7. The van der Waals surface area contributed by atoms with Gasteiger partial charge in [0.05, 0.1) is 30.7 Å². The quantitative estimate of drug-likeness (QED) is 0.607. The second-order valence-corrected chi connectivity index (χ2v) is 10.0. The zero-order chi connectivity index (χ0) is 24.3. The molecule has 2 N–H and O–H groups in total. The molecule has 2 heterocycles. The average Bonchev–Trinajstić information content (AvgIpc) is 2.86. The maximum Gasteiger partial charge on any atom is 0.262 e. The van der Waals surface area contributed by atoms with E-state index in [1.165, 1.54) is 22.5 Å². The lowest BCUT2D eigenvalue weighted by atomic mass is 9.98. The number of fused-ring (bicyclic) bond motifs is 1. The van der Waals surface area contributed by atoms with Gasteiger partial charge in [-0.25, -0.2) is 8.42 Å². The molecule has 2 aromatic rings. The molecule has 0 saturated carbocycles. The average molecular weight is 490 g/mol. The topological polar surface area (TPSA) is 123 Å². The molecule has 0 aromatic heterocycles. The Morgan fingerprint density at radius 2 is 2.03 bits per heavy atom. The SMILES string of the molecule is COc1ccc(OC)c(CNC(=O)[C@@H]2CCCN(S(=O)(=O)c3ccc4c(c3)NC(=O)CO4)C2)c1. The van der Waals surface area contributed by atoms with Gasteiger partial charge in [0.25, 0.3) is 5.91 Å². The fourth-order valence-electron chi connectivity index (χ4n) is 4.09. The summed E-state index contributed by atoms with van der Waals surface area (Å²) in [4.78, 5) is 24.5. The molecule has 1 atom stereocenters. The molecule has 0 unspecified atom stereocenters. The van der Waals surface area contributed by atoms with Crippen molar-refractivity contribution in [2.75, 3.05) is 39.2 Å². The van der Waals surface area contributed by atoms with Crippen molar-refractivity contribution in [2.45, 2.75) is 24.3 Å². The van der Waals surface area contributed by atoms with E-state index in [0.717, 1.165) is 5.56 Å². The number of benzene rings is 2. The van der Waals surface area contributed by atoms with Crippen LogP contribution >= 0.6 is 0 Å². The van der Waals surface area contributed by atoms with Crippen molar-refractivity contribution in [1.82, 2.24) is 9.62 Å². The van der Waals surface area contributed by atoms with Gasteiger partial charge in [-0.2, -0.15) is 4.31 Å². The molecule has 1 fully saturated rings. The summed E-state index contributed by atoms with van der Waals surface area (Å²) in [5.74, 6) is 0.632. The van der Waals surface area contributed by atoms with E-state index in [1.54, 1.807) is 32.4 Å². The lowest BCUT2D eigenvalue weighted by Gasteiger charge is -2.31. The molecule has 4 rings (SSSR count). The maximum absolute atomic E-state index is 13.3. The summed E-state index contributed by atoms with van der Waals surface area (Å²) in [5, 5.41) is 5.51. The third-order valence-corrected chi connectivity index (χ3v) is 7.78. The fourth-order valence-corrected chi connectivity index (χ4v) is 5.64. The molecule has 2 aliphatic heterocycles. The van der Waals surface area contributed by atoms with Gasteiger partial charge in [-0.3, -0.25) is 9.59 Å². The van der Waals surface area contributed by atoms with Crippen molar-refractivity contribution in [3.8, 4) is 17.2 Å². The Morgan fingerprint density at radius 1 is 1.21 bits per heavy atom. The number of carbonyl (C=O) groups excluding carboxylic acids is 2. The van der Waals surface area contributed by atoms with Crippen LogP contribution in [0, 0.1) is 5.92 Å². The molecule has 10 nitrogen and oxygen atoms in total. The number of hydrogen-bond donors (Lipinski definition) is 2. The second-order valence-electron chi connectivity index (χ2n) is 8.09. The highest BCUT2D eigenvalue weighted by Crippen LogP contribution is 2.32. The van der Waals surface area contributed by atoms with Gasteiger partial charge in [0.2, 0.25) is 15.9 Å². The first-order valence-electron chi connectivity index (χ1n) is 10.9. The molecule has 182 valence electrons. The van der Waals surface area contributed by atoms with E-state index in [0.29, 0.717) is 42.3 Å². The van der Waals surface area contributed by atoms with E-state index in [1.807, 2.05) is 0 Å². The molecule has 2 aromatic carbocycles. The van der Waals surface area contributed by atoms with Gasteiger partial charge in [-0.15, -0.1) is 0 Å². The van der Waals surface area contributed by atoms with Crippen LogP contribution in [-0.2, 0) is 26.2 Å². The molecule has 0 bridgehead atoms. The minimum atomic E-state index is -3.86. The van der Waals surface area contributed by atoms with Crippen molar-refractivity contribution in [3.63, 3.8) is 0 Å². The number of nitrogens with zero attached hydrogens (tertiary/aromatic N) is 1. The summed E-state index contributed by atoms with van der Waals surface area (Å²) in [7, 11) is -0.745. The highest BCUT2D eigenvalue weighted by Gasteiger charge is 2.34. The second kappa shape index (κ2) is 9.90. The smallest absolute Gasteiger partial charge is 0.262 e. The summed E-state index contributed by atoms with van der Waals surface area (Å²) < 4.78 is 43.7. The normalized spacial score (nSPS) is 18.3. The molecule has 0 spiro atoms. The van der Waals surface area contributed by atoms with E-state index in [9.17, 15) is 18.0 Å². The van der Waals surface area contributed by atoms with Gasteiger partial charge in [0, 0.05) is 25.2 Å². The van der Waals surface area contributed by atoms with E-state index < -0.39 is 15.9 Å². The first-order chi connectivity index (χ1) is 16.3. The Labute approximate surface area is 198 Å². The third-order valence-electron chi connectivity index (χ3n) is 5.92. The summed E-state index contributed by atoms with van der Waals surface area (Å²) >= 11 is 0. The molecular weight excluding hydrogens is 462 g/mol. The van der Waals surface area contributed by atoms with Crippen LogP contribution in [-0.4, -0.2) is 58.5 Å². The molecule has 1 saturated heterocycles. The number of rotatable bonds is 7. The first-order valence-corrected chi connectivity index (χ1v) is 12.3. The van der Waals surface area contributed by atoms with Gasteiger partial charge in [0.15, 0.2) is 6.61 Å². The monoisotopic (exact) mass is 489 g/mol. The van der Waals surface area contributed by atoms with Crippen molar-refractivity contribution in [1.29, 1.82) is 0 Å². The van der Waals surface area contributed by atoms with Crippen molar-refractivity contribution in [3.05, 3.63) is 42.0 Å². The Balaban J connectivity index is 1.44. The van der Waals surface area contributed by atoms with Crippen LogP contribution < -0.4 is 24.8 Å². The van der Waals surface area contributed by atoms with Crippen LogP contribution in [0.25, 0.3) is 0 Å². The number of piperidine rings is 1. The Kier molecular flexibility index (Phi) is 6.94. The minimum Gasteiger partial charge on any atom is -0.497 e. The largest absolute Gasteiger partial charge is 0.497 e. The molecule has 0 radical (unpaired) electrons. The molecule has 2 amide bonds. The van der Waals surface area contributed by atoms with E-state index in [2.05, 4.69) is 10.6 Å². The number of anilines is 1. The Morgan fingerprint density at radius 3 is 2.79 bits per heavy atom. The van der Waals surface area contributed by atoms with Crippen molar-refractivity contribution >= 4 is 27.5 Å². The summed E-state index contributed by atoms with van der Waals surface area (Å²) in [6, 6.07) is 9.69. The van der Waals surface area contributed by atoms with E-state index >= 15 is 0 Å². The number of amides is 2. The van der Waals surface area contributed by atoms with Crippen LogP contribution in [0.5, 0.6) is 17.2 Å². The number of methoxy groups -OCH3 is 2.